The van der Waals surface area contributed by atoms with E-state index in [1.165, 1.54) is 25.9 Å². The number of hydrogen-bond acceptors (Lipinski definition) is 4. The summed E-state index contributed by atoms with van der Waals surface area (Å²) in [5, 5.41) is 9.95. The summed E-state index contributed by atoms with van der Waals surface area (Å²) in [4.78, 5) is 4.49. The molecule has 0 aliphatic carbocycles. The van der Waals surface area contributed by atoms with Crippen molar-refractivity contribution in [3.8, 4) is 0 Å². The Labute approximate surface area is 103 Å². The second kappa shape index (κ2) is 6.57. The molecule has 17 heavy (non-hydrogen) atoms. The van der Waals surface area contributed by atoms with Gasteiger partial charge in [-0.1, -0.05) is 6.07 Å². The van der Waals surface area contributed by atoms with Crippen LogP contribution in [0.3, 0.4) is 0 Å². The topological polar surface area (TPSA) is 49.0 Å². The molecule has 1 aliphatic rings. The van der Waals surface area contributed by atoms with Crippen LogP contribution in [0, 0.1) is 5.92 Å². The first kappa shape index (κ1) is 12.3. The maximum Gasteiger partial charge on any atom is 0.126 e. The third kappa shape index (κ3) is 3.98. The summed E-state index contributed by atoms with van der Waals surface area (Å²) in [7, 11) is 1.90. The Balaban J connectivity index is 1.73. The molecule has 1 saturated heterocycles. The predicted octanol–water partition coefficient (Wildman–Crippen LogP) is 1.21. The molecule has 4 nitrogen and oxygen atoms in total. The predicted molar refractivity (Wildman–Crippen MR) is 71.1 cm³/mol. The molecular formula is C13H22N4. The highest BCUT2D eigenvalue weighted by Gasteiger charge is 2.11. The number of rotatable bonds is 5. The molecule has 94 valence electrons. The lowest BCUT2D eigenvalue weighted by Crippen LogP contribution is -2.33. The fourth-order valence-electron chi connectivity index (χ4n) is 2.21. The highest BCUT2D eigenvalue weighted by Crippen LogP contribution is 2.10. The Morgan fingerprint density at radius 1 is 1.35 bits per heavy atom. The molecule has 0 spiro atoms. The largest absolute Gasteiger partial charge is 0.373 e. The van der Waals surface area contributed by atoms with Crippen LogP contribution in [-0.4, -0.2) is 31.7 Å². The van der Waals surface area contributed by atoms with E-state index < -0.39 is 0 Å². The number of hydrogen-bond donors (Lipinski definition) is 3. The van der Waals surface area contributed by atoms with Crippen LogP contribution in [0.5, 0.6) is 0 Å². The first-order chi connectivity index (χ1) is 8.38. The summed E-state index contributed by atoms with van der Waals surface area (Å²) in [6.07, 6.45) is 2.58. The third-order valence-electron chi connectivity index (χ3n) is 3.26. The summed E-state index contributed by atoms with van der Waals surface area (Å²) >= 11 is 0. The van der Waals surface area contributed by atoms with Gasteiger partial charge >= 0.3 is 0 Å². The van der Waals surface area contributed by atoms with Gasteiger partial charge in [0.15, 0.2) is 0 Å². The van der Waals surface area contributed by atoms with Crippen LogP contribution in [0.2, 0.25) is 0 Å². The van der Waals surface area contributed by atoms with Crippen molar-refractivity contribution in [3.63, 3.8) is 0 Å². The van der Waals surface area contributed by atoms with Crippen molar-refractivity contribution in [2.24, 2.45) is 5.92 Å². The van der Waals surface area contributed by atoms with E-state index in [4.69, 9.17) is 0 Å². The monoisotopic (exact) mass is 234 g/mol. The van der Waals surface area contributed by atoms with E-state index in [-0.39, 0.29) is 0 Å². The number of anilines is 1. The van der Waals surface area contributed by atoms with Gasteiger partial charge in [-0.05, 0) is 50.5 Å². The summed E-state index contributed by atoms with van der Waals surface area (Å²) in [5.74, 6) is 1.76. The molecule has 1 aromatic rings. The van der Waals surface area contributed by atoms with E-state index in [9.17, 15) is 0 Å². The number of nitrogens with one attached hydrogen (secondary N) is 3. The minimum Gasteiger partial charge on any atom is -0.373 e. The molecule has 0 radical (unpaired) electrons. The maximum absolute atomic E-state index is 4.49. The quantitative estimate of drug-likeness (QED) is 0.717. The average molecular weight is 234 g/mol. The number of piperidine rings is 1. The minimum atomic E-state index is 0.823. The van der Waals surface area contributed by atoms with Gasteiger partial charge in [0.25, 0.3) is 0 Å². The van der Waals surface area contributed by atoms with Crippen molar-refractivity contribution in [2.75, 3.05) is 32.0 Å². The Hall–Kier alpha value is -1.13. The molecule has 2 heterocycles. The van der Waals surface area contributed by atoms with Gasteiger partial charge in [0.05, 0.1) is 5.69 Å². The zero-order valence-electron chi connectivity index (χ0n) is 10.5. The number of nitrogens with zero attached hydrogens (tertiary/aromatic N) is 1. The van der Waals surface area contributed by atoms with Crippen molar-refractivity contribution in [1.29, 1.82) is 0 Å². The standard InChI is InChI=1S/C13H22N4/c1-14-13-4-2-3-12(17-13)10-16-9-11-5-7-15-8-6-11/h2-4,11,15-16H,5-10H2,1H3,(H,14,17). The maximum atomic E-state index is 4.49. The molecule has 1 aromatic heterocycles. The Morgan fingerprint density at radius 2 is 2.18 bits per heavy atom. The highest BCUT2D eigenvalue weighted by molar-refractivity contribution is 5.34. The van der Waals surface area contributed by atoms with E-state index in [2.05, 4.69) is 27.0 Å². The molecule has 0 aromatic carbocycles. The van der Waals surface area contributed by atoms with Gasteiger partial charge < -0.3 is 16.0 Å². The van der Waals surface area contributed by atoms with Crippen LogP contribution < -0.4 is 16.0 Å². The number of pyridine rings is 1. The third-order valence-corrected chi connectivity index (χ3v) is 3.26. The molecule has 1 aliphatic heterocycles. The van der Waals surface area contributed by atoms with Crippen LogP contribution in [0.25, 0.3) is 0 Å². The highest BCUT2D eigenvalue weighted by atomic mass is 15.0. The Bertz CT molecular complexity index is 334. The lowest BCUT2D eigenvalue weighted by Gasteiger charge is -2.22. The van der Waals surface area contributed by atoms with Crippen molar-refractivity contribution in [1.82, 2.24) is 15.6 Å². The molecule has 2 rings (SSSR count). The van der Waals surface area contributed by atoms with Crippen LogP contribution in [0.1, 0.15) is 18.5 Å². The zero-order chi connectivity index (χ0) is 11.9. The normalized spacial score (nSPS) is 17.0. The molecule has 0 saturated carbocycles. The summed E-state index contributed by atoms with van der Waals surface area (Å²) < 4.78 is 0. The fourth-order valence-corrected chi connectivity index (χ4v) is 2.21. The second-order valence-corrected chi connectivity index (χ2v) is 4.59. The van der Waals surface area contributed by atoms with E-state index in [0.29, 0.717) is 0 Å². The van der Waals surface area contributed by atoms with Gasteiger partial charge in [-0.25, -0.2) is 4.98 Å². The van der Waals surface area contributed by atoms with E-state index in [1.54, 1.807) is 0 Å². The second-order valence-electron chi connectivity index (χ2n) is 4.59. The van der Waals surface area contributed by atoms with Gasteiger partial charge in [0.2, 0.25) is 0 Å². The molecule has 0 atom stereocenters. The van der Waals surface area contributed by atoms with Crippen LogP contribution in [0.15, 0.2) is 18.2 Å². The summed E-state index contributed by atoms with van der Waals surface area (Å²) in [6, 6.07) is 6.09. The van der Waals surface area contributed by atoms with Gasteiger partial charge in [0.1, 0.15) is 5.82 Å². The number of aromatic nitrogens is 1. The Kier molecular flexibility index (Phi) is 4.76. The fraction of sp³-hybridized carbons (Fsp3) is 0.615. The molecule has 0 bridgehead atoms. The first-order valence-electron chi connectivity index (χ1n) is 6.43. The molecule has 1 fully saturated rings. The van der Waals surface area contributed by atoms with Gasteiger partial charge in [-0.2, -0.15) is 0 Å². The zero-order valence-corrected chi connectivity index (χ0v) is 10.5. The molecule has 3 N–H and O–H groups in total. The lowest BCUT2D eigenvalue weighted by atomic mass is 9.98. The van der Waals surface area contributed by atoms with Crippen molar-refractivity contribution in [3.05, 3.63) is 23.9 Å². The van der Waals surface area contributed by atoms with Crippen LogP contribution >= 0.6 is 0 Å². The van der Waals surface area contributed by atoms with Crippen molar-refractivity contribution >= 4 is 5.82 Å². The van der Waals surface area contributed by atoms with Gasteiger partial charge in [0, 0.05) is 13.6 Å². The van der Waals surface area contributed by atoms with E-state index in [1.807, 2.05) is 19.2 Å². The first-order valence-corrected chi connectivity index (χ1v) is 6.43. The Morgan fingerprint density at radius 3 is 2.94 bits per heavy atom. The smallest absolute Gasteiger partial charge is 0.126 e. The molecular weight excluding hydrogens is 212 g/mol. The SMILES string of the molecule is CNc1cccc(CNCC2CCNCC2)n1. The van der Waals surface area contributed by atoms with E-state index >= 15 is 0 Å². The molecule has 4 heteroatoms. The van der Waals surface area contributed by atoms with Crippen molar-refractivity contribution in [2.45, 2.75) is 19.4 Å². The van der Waals surface area contributed by atoms with Crippen molar-refractivity contribution < 1.29 is 0 Å². The average Bonchev–Trinajstić information content (AvgIpc) is 2.40. The van der Waals surface area contributed by atoms with Gasteiger partial charge in [-0.15, -0.1) is 0 Å². The molecule has 0 unspecified atom stereocenters. The summed E-state index contributed by atoms with van der Waals surface area (Å²) in [5.41, 5.74) is 1.10. The molecule has 0 amide bonds. The summed E-state index contributed by atoms with van der Waals surface area (Å²) in [6.45, 7) is 4.30. The van der Waals surface area contributed by atoms with Gasteiger partial charge in [-0.3, -0.25) is 0 Å². The van der Waals surface area contributed by atoms with E-state index in [0.717, 1.165) is 30.5 Å². The van der Waals surface area contributed by atoms with Crippen LogP contribution in [0.4, 0.5) is 5.82 Å². The lowest BCUT2D eigenvalue weighted by molar-refractivity contribution is 0.356. The minimum absolute atomic E-state index is 0.823. The van der Waals surface area contributed by atoms with Crippen LogP contribution in [-0.2, 0) is 6.54 Å².